The number of hydrogen-bond acceptors (Lipinski definition) is 21. The second-order valence-electron chi connectivity index (χ2n) is 27.5. The second-order valence-corrected chi connectivity index (χ2v) is 28.5. The van der Waals surface area contributed by atoms with Crippen LogP contribution >= 0.6 is 11.8 Å². The average molecular weight is 1550 g/mol. The van der Waals surface area contributed by atoms with Crippen molar-refractivity contribution in [3.8, 4) is 0 Å². The Hall–Kier alpha value is -10.2. The highest BCUT2D eigenvalue weighted by molar-refractivity contribution is 7.98. The van der Waals surface area contributed by atoms with Crippen molar-refractivity contribution in [3.05, 3.63) is 54.1 Å². The molecule has 26 N–H and O–H groups in total. The topological polar surface area (TPSA) is 633 Å². The Morgan fingerprint density at radius 3 is 1.58 bits per heavy atom. The van der Waals surface area contributed by atoms with Crippen LogP contribution < -0.4 is 88.0 Å². The molecule has 39 nitrogen and oxygen atoms in total. The molecule has 0 bridgehead atoms. The number of carbonyl (C=O) groups is 14. The molecule has 3 saturated heterocycles. The van der Waals surface area contributed by atoms with Gasteiger partial charge in [0.15, 0.2) is 11.9 Å². The lowest BCUT2D eigenvalue weighted by molar-refractivity contribution is -0.145. The van der Waals surface area contributed by atoms with Gasteiger partial charge in [0.1, 0.15) is 66.5 Å². The predicted octanol–water partition coefficient (Wildman–Crippen LogP) is -6.13. The number of hydrogen-bond donors (Lipinski definition) is 19. The van der Waals surface area contributed by atoms with E-state index in [1.807, 2.05) is 6.26 Å². The summed E-state index contributed by atoms with van der Waals surface area (Å²) in [7, 11) is 0. The number of H-pyrrole nitrogens is 1. The van der Waals surface area contributed by atoms with Crippen LogP contribution in [0.4, 0.5) is 0 Å². The first-order valence-electron chi connectivity index (χ1n) is 36.8. The molecule has 109 heavy (non-hydrogen) atoms. The SMILES string of the molecule is CSCC[C@H](NC(=O)C1CCCN1C(=O)CNC(=O)[C@H](CCCCN)NC(=O)[C@H](Cc1cnc[nH]1)NC(=O)[C@H](CO)NC(=O)[C@H](CC(C)C)NC(=O)[C@H](CCCN=C(N)N)NC(=O)[C@@H]1CCCN1C(=O)[C@H](CCCN=C(N)N)NC(=O)[C@@H](N)CCC(N)=O)C(=O)N1CCC[C@H]1C(=O)N[C@@H](Cc1ccccc1)C(=O)O. The van der Waals surface area contributed by atoms with Crippen LogP contribution in [0, 0.1) is 5.92 Å². The summed E-state index contributed by atoms with van der Waals surface area (Å²) in [5, 5.41) is 44.4. The zero-order chi connectivity index (χ0) is 80.3. The number of likely N-dealkylation sites (tertiary alicyclic amines) is 3. The van der Waals surface area contributed by atoms with Crippen molar-refractivity contribution in [1.29, 1.82) is 0 Å². The molecule has 5 rings (SSSR count). The molecule has 40 heteroatoms. The molecule has 12 atom stereocenters. The van der Waals surface area contributed by atoms with Crippen molar-refractivity contribution in [3.63, 3.8) is 0 Å². The zero-order valence-electron chi connectivity index (χ0n) is 62.1. The van der Waals surface area contributed by atoms with Gasteiger partial charge in [-0.2, -0.15) is 11.8 Å². The third-order valence-corrected chi connectivity index (χ3v) is 19.3. The maximum absolute atomic E-state index is 14.5. The molecule has 0 aliphatic carbocycles. The number of aromatic amines is 1. The lowest BCUT2D eigenvalue weighted by atomic mass is 10.0. The first-order chi connectivity index (χ1) is 52.0. The van der Waals surface area contributed by atoms with Crippen LogP contribution in [0.25, 0.3) is 0 Å². The van der Waals surface area contributed by atoms with Crippen molar-refractivity contribution in [2.45, 2.75) is 208 Å². The summed E-state index contributed by atoms with van der Waals surface area (Å²) < 4.78 is 0. The van der Waals surface area contributed by atoms with Crippen molar-refractivity contribution in [2.75, 3.05) is 64.4 Å². The molecule has 3 aliphatic heterocycles. The number of thioether (sulfide) groups is 1. The minimum absolute atomic E-state index is 0.00202. The Bertz CT molecular complexity index is 3460. The quantitative estimate of drug-likeness (QED) is 0.0167. The number of aliphatic hydroxyl groups is 1. The Kier molecular flexibility index (Phi) is 37.9. The highest BCUT2D eigenvalue weighted by Crippen LogP contribution is 2.24. The highest BCUT2D eigenvalue weighted by atomic mass is 32.2. The van der Waals surface area contributed by atoms with Crippen molar-refractivity contribution < 1.29 is 77.3 Å². The van der Waals surface area contributed by atoms with Crippen molar-refractivity contribution in [1.82, 2.24) is 72.5 Å². The lowest BCUT2D eigenvalue weighted by Gasteiger charge is -2.31. The molecule has 3 fully saturated rings. The van der Waals surface area contributed by atoms with E-state index >= 15 is 0 Å². The molecule has 604 valence electrons. The summed E-state index contributed by atoms with van der Waals surface area (Å²) >= 11 is 1.42. The van der Waals surface area contributed by atoms with Crippen molar-refractivity contribution in [2.24, 2.45) is 56.0 Å². The second kappa shape index (κ2) is 46.2. The fourth-order valence-corrected chi connectivity index (χ4v) is 13.4. The molecule has 1 aromatic carbocycles. The van der Waals surface area contributed by atoms with Crippen LogP contribution in [0.5, 0.6) is 0 Å². The van der Waals surface area contributed by atoms with Gasteiger partial charge in [-0.25, -0.2) is 9.78 Å². The number of guanidine groups is 2. The number of amides is 13. The number of carboxylic acid groups (broad SMARTS) is 1. The molecule has 13 amide bonds. The predicted molar refractivity (Wildman–Crippen MR) is 401 cm³/mol. The molecule has 0 saturated carbocycles. The van der Waals surface area contributed by atoms with Gasteiger partial charge < -0.3 is 118 Å². The summed E-state index contributed by atoms with van der Waals surface area (Å²) in [6.45, 7) is 2.46. The molecule has 1 aromatic heterocycles. The van der Waals surface area contributed by atoms with Crippen LogP contribution in [-0.4, -0.2) is 266 Å². The zero-order valence-corrected chi connectivity index (χ0v) is 62.9. The first kappa shape index (κ1) is 89.4. The van der Waals surface area contributed by atoms with E-state index in [4.69, 9.17) is 40.1 Å². The van der Waals surface area contributed by atoms with Crippen LogP contribution in [0.15, 0.2) is 52.8 Å². The largest absolute Gasteiger partial charge is 0.480 e. The number of carboxylic acids is 1. The summed E-state index contributed by atoms with van der Waals surface area (Å²) in [4.78, 5) is 212. The van der Waals surface area contributed by atoms with E-state index in [-0.39, 0.29) is 147 Å². The number of benzene rings is 1. The van der Waals surface area contributed by atoms with E-state index in [9.17, 15) is 77.3 Å². The maximum atomic E-state index is 14.5. The van der Waals surface area contributed by atoms with Gasteiger partial charge in [-0.3, -0.25) is 72.3 Å². The van der Waals surface area contributed by atoms with E-state index in [1.165, 1.54) is 39.0 Å². The molecule has 0 spiro atoms. The number of nitrogens with one attached hydrogen (secondary N) is 10. The van der Waals surface area contributed by atoms with Gasteiger partial charge >= 0.3 is 5.97 Å². The normalized spacial score (nSPS) is 17.8. The van der Waals surface area contributed by atoms with Gasteiger partial charge in [0.2, 0.25) is 76.8 Å². The Morgan fingerprint density at radius 2 is 1.05 bits per heavy atom. The van der Waals surface area contributed by atoms with Gasteiger partial charge in [-0.1, -0.05) is 44.2 Å². The molecular weight excluding hydrogens is 1440 g/mol. The monoisotopic (exact) mass is 1550 g/mol. The molecular formula is C69H111N23O16S. The van der Waals surface area contributed by atoms with Crippen LogP contribution in [0.3, 0.4) is 0 Å². The number of primary amides is 1. The third-order valence-electron chi connectivity index (χ3n) is 18.6. The van der Waals surface area contributed by atoms with E-state index in [1.54, 1.807) is 44.2 Å². The smallest absolute Gasteiger partial charge is 0.326 e. The number of aliphatic carboxylic acids is 1. The van der Waals surface area contributed by atoms with Gasteiger partial charge in [0, 0.05) is 63.9 Å². The highest BCUT2D eigenvalue weighted by Gasteiger charge is 2.43. The van der Waals surface area contributed by atoms with Crippen LogP contribution in [0.2, 0.25) is 0 Å². The third kappa shape index (κ3) is 29.7. The number of aromatic nitrogens is 2. The minimum Gasteiger partial charge on any atom is -0.480 e. The fourth-order valence-electron chi connectivity index (χ4n) is 12.9. The number of unbranched alkanes of at least 4 members (excludes halogenated alkanes) is 1. The molecule has 3 aliphatic rings. The summed E-state index contributed by atoms with van der Waals surface area (Å²) in [5.74, 6) is -11.6. The number of nitrogens with zero attached hydrogens (tertiary/aromatic N) is 6. The van der Waals surface area contributed by atoms with Gasteiger partial charge in [-0.15, -0.1) is 0 Å². The summed E-state index contributed by atoms with van der Waals surface area (Å²) in [6, 6.07) is -6.85. The minimum atomic E-state index is -1.78. The Balaban J connectivity index is 1.27. The van der Waals surface area contributed by atoms with Gasteiger partial charge in [-0.05, 0) is 133 Å². The van der Waals surface area contributed by atoms with Crippen molar-refractivity contribution >= 4 is 106 Å². The molecule has 0 radical (unpaired) electrons. The number of aliphatic hydroxyl groups excluding tert-OH is 1. The number of imidazole rings is 1. The average Bonchev–Trinajstić information content (AvgIpc) is 1.76. The molecule has 1 unspecified atom stereocenters. The standard InChI is InChI=1S/C69H111N23O16S/c1-39(2)32-47(86-58(98)44(17-9-26-78-68(73)74)83-63(103)52-20-12-29-91(52)65(105)45(18-10-27-79-69(75)76)84-56(96)42(71)22-23-54(72)94)59(99)89-50(37-93)61(101)87-48(34-41-35-77-38-81-41)60(100)82-43(16-7-8-25-70)57(97)80-36-55(95)90-28-11-19-51(90)62(102)85-46(24-31-109-3)66(106)92-30-13-21-53(92)64(104)88-49(67(107)108)33-40-14-5-4-6-15-40/h4-6,14-15,35,38-39,42-53,93H,7-13,16-34,36-37,70-71H2,1-3H3,(H2,72,94)(H,77,81)(H,80,97)(H,82,100)(H,83,103)(H,84,96)(H,85,102)(H,86,98)(H,87,101)(H,88,104)(H,89,99)(H,107,108)(H4,73,74,78)(H4,75,76,79)/t42-,43-,44-,45-,46-,47-,48-,49-,50-,51?,52-,53-/m0/s1. The lowest BCUT2D eigenvalue weighted by Crippen LogP contribution is -2.61. The fraction of sp³-hybridized carbons (Fsp3) is 0.638. The number of nitrogens with two attached hydrogens (primary N) is 7. The van der Waals surface area contributed by atoms with E-state index in [2.05, 4.69) is 67.8 Å². The van der Waals surface area contributed by atoms with Crippen LogP contribution in [-0.2, 0) is 80.0 Å². The van der Waals surface area contributed by atoms with Gasteiger partial charge in [0.05, 0.1) is 25.5 Å². The van der Waals surface area contributed by atoms with E-state index in [0.29, 0.717) is 49.1 Å². The number of aliphatic imine (C=N–C) groups is 2. The number of rotatable bonds is 47. The van der Waals surface area contributed by atoms with Gasteiger partial charge in [0.25, 0.3) is 0 Å². The van der Waals surface area contributed by atoms with E-state index < -0.39 is 168 Å². The number of carbonyl (C=O) groups excluding carboxylic acids is 13. The summed E-state index contributed by atoms with van der Waals surface area (Å²) in [6.07, 6.45) is 6.69. The Morgan fingerprint density at radius 1 is 0.569 bits per heavy atom. The maximum Gasteiger partial charge on any atom is 0.326 e. The summed E-state index contributed by atoms with van der Waals surface area (Å²) in [5.41, 5.74) is 40.2. The van der Waals surface area contributed by atoms with Crippen LogP contribution in [0.1, 0.15) is 134 Å². The molecule has 4 heterocycles. The van der Waals surface area contributed by atoms with E-state index in [0.717, 1.165) is 0 Å². The first-order valence-corrected chi connectivity index (χ1v) is 38.2. The Labute approximate surface area is 636 Å². The molecule has 2 aromatic rings.